The van der Waals surface area contributed by atoms with E-state index >= 15 is 0 Å². The molecule has 178 valence electrons. The standard InChI is InChI=1S/C25H39N3O4/c1-6-17-28(23(30)18(2)26-24(31)32-25(3,4)5)21(19-13-9-7-10-14-19)22(29)27-20-15-11-8-12-16-20/h7,9-10,13-14,18,20-21H,6,8,11-12,15-17H2,1-5H3,(H,26,31)(H,27,29). The van der Waals surface area contributed by atoms with E-state index in [1.54, 1.807) is 32.6 Å². The Bertz CT molecular complexity index is 754. The van der Waals surface area contributed by atoms with Crippen molar-refractivity contribution in [1.29, 1.82) is 0 Å². The Labute approximate surface area is 192 Å². The lowest BCUT2D eigenvalue weighted by Crippen LogP contribution is -2.53. The van der Waals surface area contributed by atoms with Gasteiger partial charge in [0.15, 0.2) is 0 Å². The van der Waals surface area contributed by atoms with Gasteiger partial charge in [-0.2, -0.15) is 0 Å². The summed E-state index contributed by atoms with van der Waals surface area (Å²) in [6, 6.07) is 7.91. The normalized spacial score (nSPS) is 16.5. The molecule has 1 aromatic rings. The van der Waals surface area contributed by atoms with E-state index in [0.717, 1.165) is 31.2 Å². The van der Waals surface area contributed by atoms with Gasteiger partial charge in [-0.3, -0.25) is 9.59 Å². The topological polar surface area (TPSA) is 87.7 Å². The van der Waals surface area contributed by atoms with Crippen molar-refractivity contribution >= 4 is 17.9 Å². The van der Waals surface area contributed by atoms with E-state index in [0.29, 0.717) is 13.0 Å². The zero-order valence-corrected chi connectivity index (χ0v) is 20.1. The maximum absolute atomic E-state index is 13.4. The minimum atomic E-state index is -0.829. The molecule has 1 aliphatic carbocycles. The monoisotopic (exact) mass is 445 g/mol. The fourth-order valence-corrected chi connectivity index (χ4v) is 4.04. The summed E-state index contributed by atoms with van der Waals surface area (Å²) in [4.78, 5) is 40.7. The number of carbonyl (C=O) groups is 3. The molecule has 0 radical (unpaired) electrons. The Morgan fingerprint density at radius 2 is 1.72 bits per heavy atom. The van der Waals surface area contributed by atoms with E-state index in [1.807, 2.05) is 37.3 Å². The summed E-state index contributed by atoms with van der Waals surface area (Å²) in [5, 5.41) is 5.79. The van der Waals surface area contributed by atoms with Crippen LogP contribution in [0.2, 0.25) is 0 Å². The molecule has 0 spiro atoms. The van der Waals surface area contributed by atoms with Gasteiger partial charge in [-0.1, -0.05) is 56.5 Å². The Morgan fingerprint density at radius 3 is 2.28 bits per heavy atom. The summed E-state index contributed by atoms with van der Waals surface area (Å²) in [5.41, 5.74) is 0.0923. The average Bonchev–Trinajstić information content (AvgIpc) is 2.73. The molecule has 2 N–H and O–H groups in total. The van der Waals surface area contributed by atoms with E-state index in [4.69, 9.17) is 4.74 Å². The zero-order valence-electron chi connectivity index (χ0n) is 20.1. The first-order chi connectivity index (χ1) is 15.1. The molecule has 1 aliphatic rings. The van der Waals surface area contributed by atoms with Crippen molar-refractivity contribution in [2.24, 2.45) is 0 Å². The van der Waals surface area contributed by atoms with Gasteiger partial charge in [0.2, 0.25) is 11.8 Å². The van der Waals surface area contributed by atoms with Crippen molar-refractivity contribution in [2.75, 3.05) is 6.54 Å². The van der Waals surface area contributed by atoms with Crippen LogP contribution in [0.25, 0.3) is 0 Å². The minimum absolute atomic E-state index is 0.137. The third-order valence-corrected chi connectivity index (χ3v) is 5.48. The molecule has 2 atom stereocenters. The molecule has 3 amide bonds. The van der Waals surface area contributed by atoms with Crippen LogP contribution in [0.5, 0.6) is 0 Å². The number of benzene rings is 1. The number of nitrogens with zero attached hydrogens (tertiary/aromatic N) is 1. The first kappa shape index (κ1) is 25.7. The van der Waals surface area contributed by atoms with Crippen LogP contribution in [0, 0.1) is 0 Å². The number of carbonyl (C=O) groups excluding carboxylic acids is 3. The summed E-state index contributed by atoms with van der Waals surface area (Å²) < 4.78 is 5.29. The molecule has 1 saturated carbocycles. The number of ether oxygens (including phenoxy) is 1. The lowest BCUT2D eigenvalue weighted by molar-refractivity contribution is -0.142. The number of hydrogen-bond donors (Lipinski definition) is 2. The molecule has 1 aromatic carbocycles. The van der Waals surface area contributed by atoms with E-state index < -0.39 is 23.8 Å². The molecule has 2 rings (SSSR count). The quantitative estimate of drug-likeness (QED) is 0.623. The highest BCUT2D eigenvalue weighted by molar-refractivity contribution is 5.92. The van der Waals surface area contributed by atoms with Crippen molar-refractivity contribution in [3.05, 3.63) is 35.9 Å². The van der Waals surface area contributed by atoms with Crippen LogP contribution in [-0.2, 0) is 14.3 Å². The molecule has 0 aliphatic heterocycles. The Morgan fingerprint density at radius 1 is 1.09 bits per heavy atom. The highest BCUT2D eigenvalue weighted by atomic mass is 16.6. The number of nitrogens with one attached hydrogen (secondary N) is 2. The molecule has 1 fully saturated rings. The number of amides is 3. The third-order valence-electron chi connectivity index (χ3n) is 5.48. The summed E-state index contributed by atoms with van der Waals surface area (Å²) in [6.07, 6.45) is 5.37. The highest BCUT2D eigenvalue weighted by Gasteiger charge is 2.35. The van der Waals surface area contributed by atoms with Crippen LogP contribution < -0.4 is 10.6 Å². The Balaban J connectivity index is 2.24. The van der Waals surface area contributed by atoms with E-state index in [2.05, 4.69) is 10.6 Å². The molecule has 7 heteroatoms. The van der Waals surface area contributed by atoms with Gasteiger partial charge in [0, 0.05) is 12.6 Å². The molecule has 0 aromatic heterocycles. The molecule has 0 heterocycles. The van der Waals surface area contributed by atoms with E-state index in [-0.39, 0.29) is 17.9 Å². The van der Waals surface area contributed by atoms with E-state index in [1.165, 1.54) is 6.42 Å². The molecule has 7 nitrogen and oxygen atoms in total. The first-order valence-electron chi connectivity index (χ1n) is 11.8. The van der Waals surface area contributed by atoms with Gasteiger partial charge in [-0.15, -0.1) is 0 Å². The zero-order chi connectivity index (χ0) is 23.7. The maximum Gasteiger partial charge on any atom is 0.408 e. The summed E-state index contributed by atoms with van der Waals surface area (Å²) in [7, 11) is 0. The predicted octanol–water partition coefficient (Wildman–Crippen LogP) is 4.33. The van der Waals surface area contributed by atoms with Crippen LogP contribution >= 0.6 is 0 Å². The fourth-order valence-electron chi connectivity index (χ4n) is 4.04. The second-order valence-electron chi connectivity index (χ2n) is 9.56. The van der Waals surface area contributed by atoms with Crippen molar-refractivity contribution in [3.8, 4) is 0 Å². The Kier molecular flexibility index (Phi) is 9.54. The first-order valence-corrected chi connectivity index (χ1v) is 11.8. The number of alkyl carbamates (subject to hydrolysis) is 1. The molecule has 0 saturated heterocycles. The molecule has 0 bridgehead atoms. The lowest BCUT2D eigenvalue weighted by atomic mass is 9.94. The average molecular weight is 446 g/mol. The second kappa shape index (κ2) is 11.9. The second-order valence-corrected chi connectivity index (χ2v) is 9.56. The minimum Gasteiger partial charge on any atom is -0.444 e. The molecule has 2 unspecified atom stereocenters. The van der Waals surface area contributed by atoms with Crippen LogP contribution in [0.4, 0.5) is 4.79 Å². The number of hydrogen-bond acceptors (Lipinski definition) is 4. The highest BCUT2D eigenvalue weighted by Crippen LogP contribution is 2.25. The lowest BCUT2D eigenvalue weighted by Gasteiger charge is -2.35. The maximum atomic E-state index is 13.4. The van der Waals surface area contributed by atoms with Crippen molar-refractivity contribution in [1.82, 2.24) is 15.5 Å². The third kappa shape index (κ3) is 7.84. The summed E-state index contributed by atoms with van der Waals surface area (Å²) >= 11 is 0. The van der Waals surface area contributed by atoms with Gasteiger partial charge in [0.25, 0.3) is 0 Å². The van der Waals surface area contributed by atoms with Gasteiger partial charge in [0.05, 0.1) is 0 Å². The Hall–Kier alpha value is -2.57. The van der Waals surface area contributed by atoms with Gasteiger partial charge in [-0.25, -0.2) is 4.79 Å². The van der Waals surface area contributed by atoms with Crippen LogP contribution in [-0.4, -0.2) is 47.0 Å². The predicted molar refractivity (Wildman–Crippen MR) is 125 cm³/mol. The largest absolute Gasteiger partial charge is 0.444 e. The van der Waals surface area contributed by atoms with Gasteiger partial charge in [-0.05, 0) is 52.5 Å². The fraction of sp³-hybridized carbons (Fsp3) is 0.640. The van der Waals surface area contributed by atoms with Crippen molar-refractivity contribution in [3.63, 3.8) is 0 Å². The SMILES string of the molecule is CCCN(C(=O)C(C)NC(=O)OC(C)(C)C)C(C(=O)NC1CCCCC1)c1ccccc1. The van der Waals surface area contributed by atoms with Gasteiger partial charge in [0.1, 0.15) is 17.7 Å². The molecule has 32 heavy (non-hydrogen) atoms. The van der Waals surface area contributed by atoms with Gasteiger partial charge >= 0.3 is 6.09 Å². The smallest absolute Gasteiger partial charge is 0.408 e. The van der Waals surface area contributed by atoms with Gasteiger partial charge < -0.3 is 20.3 Å². The molecular formula is C25H39N3O4. The number of rotatable bonds is 8. The summed E-state index contributed by atoms with van der Waals surface area (Å²) in [6.45, 7) is 9.29. The van der Waals surface area contributed by atoms with Crippen LogP contribution in [0.15, 0.2) is 30.3 Å². The molecular weight excluding hydrogens is 406 g/mol. The van der Waals surface area contributed by atoms with E-state index in [9.17, 15) is 14.4 Å². The summed E-state index contributed by atoms with van der Waals surface area (Å²) in [5.74, 6) is -0.486. The van der Waals surface area contributed by atoms with Crippen molar-refractivity contribution < 1.29 is 19.1 Å². The van der Waals surface area contributed by atoms with Crippen molar-refractivity contribution in [2.45, 2.75) is 96.9 Å². The van der Waals surface area contributed by atoms with Crippen LogP contribution in [0.3, 0.4) is 0 Å². The van der Waals surface area contributed by atoms with Crippen LogP contribution in [0.1, 0.15) is 84.7 Å².